The van der Waals surface area contributed by atoms with E-state index in [-0.39, 0.29) is 12.1 Å². The molecule has 14 heavy (non-hydrogen) atoms. The van der Waals surface area contributed by atoms with Crippen LogP contribution in [0.3, 0.4) is 0 Å². The number of hydrogen-bond donors (Lipinski definition) is 0. The Hall–Kier alpha value is -0.530. The number of rotatable bonds is 1. The lowest BCUT2D eigenvalue weighted by Gasteiger charge is -2.18. The monoisotopic (exact) mass is 197 g/mol. The van der Waals surface area contributed by atoms with Crippen LogP contribution in [0.15, 0.2) is 0 Å². The average molecular weight is 197 g/mol. The van der Waals surface area contributed by atoms with Crippen molar-refractivity contribution in [2.45, 2.75) is 63.9 Å². The molecule has 1 aliphatic carbocycles. The molecular weight excluding hydrogens is 176 g/mol. The van der Waals surface area contributed by atoms with Gasteiger partial charge in [-0.1, -0.05) is 32.1 Å². The van der Waals surface area contributed by atoms with Crippen molar-refractivity contribution in [3.05, 3.63) is 6.92 Å². The Kier molecular flexibility index (Phi) is 5.65. The molecule has 0 aromatic rings. The van der Waals surface area contributed by atoms with E-state index in [0.29, 0.717) is 0 Å². The number of ether oxygens (including phenoxy) is 1. The first-order valence-corrected chi connectivity index (χ1v) is 5.81. The topological polar surface area (TPSA) is 26.3 Å². The van der Waals surface area contributed by atoms with Crippen molar-refractivity contribution in [1.29, 1.82) is 0 Å². The first kappa shape index (κ1) is 11.5. The predicted octanol–water partition coefficient (Wildman–Crippen LogP) is 3.26. The molecule has 0 aromatic carbocycles. The van der Waals surface area contributed by atoms with E-state index in [1.165, 1.54) is 44.9 Å². The minimum atomic E-state index is -0.368. The van der Waals surface area contributed by atoms with E-state index in [1.807, 2.05) is 0 Å². The summed E-state index contributed by atoms with van der Waals surface area (Å²) in [5, 5.41) is 0. The third-order valence-corrected chi connectivity index (χ3v) is 2.85. The molecule has 1 rings (SSSR count). The summed E-state index contributed by atoms with van der Waals surface area (Å²) >= 11 is 0. The molecule has 2 nitrogen and oxygen atoms in total. The van der Waals surface area contributed by atoms with Gasteiger partial charge in [-0.2, -0.15) is 0 Å². The summed E-state index contributed by atoms with van der Waals surface area (Å²) in [7, 11) is 0. The summed E-state index contributed by atoms with van der Waals surface area (Å²) in [6, 6.07) is 0. The molecule has 0 unspecified atom stereocenters. The zero-order chi connectivity index (χ0) is 10.2. The Balaban J connectivity index is 2.26. The SMILES string of the molecule is [CH2]C(=O)OC1CCCCCCCCC1. The molecule has 1 saturated carbocycles. The molecule has 0 amide bonds. The summed E-state index contributed by atoms with van der Waals surface area (Å²) in [5.41, 5.74) is 0. The van der Waals surface area contributed by atoms with Crippen LogP contribution in [0.2, 0.25) is 0 Å². The zero-order valence-corrected chi connectivity index (χ0v) is 8.96. The van der Waals surface area contributed by atoms with Gasteiger partial charge >= 0.3 is 5.97 Å². The maximum Gasteiger partial charge on any atom is 0.306 e. The van der Waals surface area contributed by atoms with E-state index >= 15 is 0 Å². The van der Waals surface area contributed by atoms with Crippen molar-refractivity contribution in [2.24, 2.45) is 0 Å². The standard InChI is InChI=1S/C12H21O2/c1-11(13)14-12-9-7-5-3-2-4-6-8-10-12/h12H,1-10H2. The van der Waals surface area contributed by atoms with Crippen LogP contribution < -0.4 is 0 Å². The van der Waals surface area contributed by atoms with Crippen molar-refractivity contribution in [1.82, 2.24) is 0 Å². The largest absolute Gasteiger partial charge is 0.462 e. The zero-order valence-electron chi connectivity index (χ0n) is 8.96. The van der Waals surface area contributed by atoms with Crippen LogP contribution in [-0.2, 0) is 9.53 Å². The quantitative estimate of drug-likeness (QED) is 0.603. The van der Waals surface area contributed by atoms with Crippen LogP contribution in [0.25, 0.3) is 0 Å². The molecule has 0 N–H and O–H groups in total. The number of esters is 1. The Morgan fingerprint density at radius 1 is 0.929 bits per heavy atom. The second-order valence-electron chi connectivity index (χ2n) is 4.16. The Morgan fingerprint density at radius 2 is 1.36 bits per heavy atom. The van der Waals surface area contributed by atoms with Gasteiger partial charge < -0.3 is 4.74 Å². The van der Waals surface area contributed by atoms with E-state index in [2.05, 4.69) is 6.92 Å². The number of carbonyl (C=O) groups excluding carboxylic acids is 1. The van der Waals surface area contributed by atoms with Gasteiger partial charge in [0.15, 0.2) is 0 Å². The van der Waals surface area contributed by atoms with Gasteiger partial charge in [0.1, 0.15) is 6.10 Å². The Bertz CT molecular complexity index is 156. The van der Waals surface area contributed by atoms with Gasteiger partial charge in [-0.25, -0.2) is 0 Å². The van der Waals surface area contributed by atoms with Crippen LogP contribution in [0.4, 0.5) is 0 Å². The molecule has 0 saturated heterocycles. The molecule has 0 spiro atoms. The van der Waals surface area contributed by atoms with E-state index in [0.717, 1.165) is 12.8 Å². The molecule has 0 atom stereocenters. The van der Waals surface area contributed by atoms with Crippen molar-refractivity contribution in [3.8, 4) is 0 Å². The molecule has 1 aliphatic rings. The van der Waals surface area contributed by atoms with Crippen molar-refractivity contribution < 1.29 is 9.53 Å². The highest BCUT2D eigenvalue weighted by molar-refractivity contribution is 5.73. The van der Waals surface area contributed by atoms with Crippen molar-refractivity contribution in [3.63, 3.8) is 0 Å². The third-order valence-electron chi connectivity index (χ3n) is 2.85. The lowest BCUT2D eigenvalue weighted by molar-refractivity contribution is -0.144. The van der Waals surface area contributed by atoms with E-state index in [4.69, 9.17) is 4.74 Å². The average Bonchev–Trinajstić information content (AvgIpc) is 2.15. The summed E-state index contributed by atoms with van der Waals surface area (Å²) in [6.45, 7) is 3.27. The first-order chi connectivity index (χ1) is 6.79. The molecule has 81 valence electrons. The molecule has 0 heterocycles. The van der Waals surface area contributed by atoms with Crippen LogP contribution in [0.5, 0.6) is 0 Å². The Morgan fingerprint density at radius 3 is 1.79 bits per heavy atom. The minimum absolute atomic E-state index is 0.137. The highest BCUT2D eigenvalue weighted by Crippen LogP contribution is 2.18. The van der Waals surface area contributed by atoms with Crippen LogP contribution >= 0.6 is 0 Å². The second kappa shape index (κ2) is 6.86. The normalized spacial score (nSPS) is 21.5. The molecule has 0 bridgehead atoms. The fraction of sp³-hybridized carbons (Fsp3) is 0.833. The van der Waals surface area contributed by atoms with Crippen LogP contribution in [-0.4, -0.2) is 12.1 Å². The van der Waals surface area contributed by atoms with Gasteiger partial charge in [-0.15, -0.1) is 0 Å². The van der Waals surface area contributed by atoms with Crippen molar-refractivity contribution in [2.75, 3.05) is 0 Å². The van der Waals surface area contributed by atoms with Gasteiger partial charge in [0, 0.05) is 0 Å². The summed E-state index contributed by atoms with van der Waals surface area (Å²) < 4.78 is 5.17. The third kappa shape index (κ3) is 5.25. The maximum atomic E-state index is 10.7. The van der Waals surface area contributed by atoms with Gasteiger partial charge in [0.2, 0.25) is 0 Å². The summed E-state index contributed by atoms with van der Waals surface area (Å²) in [5.74, 6) is -0.368. The fourth-order valence-corrected chi connectivity index (χ4v) is 2.08. The smallest absolute Gasteiger partial charge is 0.306 e. The summed E-state index contributed by atoms with van der Waals surface area (Å²) in [4.78, 5) is 10.7. The fourth-order valence-electron chi connectivity index (χ4n) is 2.08. The molecular formula is C12H21O2. The molecule has 1 fully saturated rings. The number of carbonyl (C=O) groups is 1. The van der Waals surface area contributed by atoms with Crippen molar-refractivity contribution >= 4 is 5.97 Å². The lowest BCUT2D eigenvalue weighted by atomic mass is 9.99. The number of hydrogen-bond acceptors (Lipinski definition) is 2. The molecule has 1 radical (unpaired) electrons. The van der Waals surface area contributed by atoms with Gasteiger partial charge in [0.05, 0.1) is 6.92 Å². The van der Waals surface area contributed by atoms with Gasteiger partial charge in [0.25, 0.3) is 0 Å². The predicted molar refractivity (Wildman–Crippen MR) is 56.8 cm³/mol. The summed E-state index contributed by atoms with van der Waals surface area (Å²) in [6.07, 6.45) is 11.2. The van der Waals surface area contributed by atoms with Crippen LogP contribution in [0.1, 0.15) is 57.8 Å². The van der Waals surface area contributed by atoms with E-state index < -0.39 is 0 Å². The molecule has 0 aliphatic heterocycles. The lowest BCUT2D eigenvalue weighted by Crippen LogP contribution is -2.16. The minimum Gasteiger partial charge on any atom is -0.462 e. The highest BCUT2D eigenvalue weighted by atomic mass is 16.5. The first-order valence-electron chi connectivity index (χ1n) is 5.81. The molecule has 2 heteroatoms. The highest BCUT2D eigenvalue weighted by Gasteiger charge is 2.12. The maximum absolute atomic E-state index is 10.7. The van der Waals surface area contributed by atoms with E-state index in [1.54, 1.807) is 0 Å². The van der Waals surface area contributed by atoms with Gasteiger partial charge in [-0.05, 0) is 25.7 Å². The van der Waals surface area contributed by atoms with Gasteiger partial charge in [-0.3, -0.25) is 4.79 Å². The Labute approximate surface area is 87.0 Å². The van der Waals surface area contributed by atoms with E-state index in [9.17, 15) is 4.79 Å². The van der Waals surface area contributed by atoms with Crippen LogP contribution in [0, 0.1) is 6.92 Å². The second-order valence-corrected chi connectivity index (χ2v) is 4.16. The molecule has 0 aromatic heterocycles.